The number of hydrogen-bond donors (Lipinski definition) is 1. The van der Waals surface area contributed by atoms with Crippen LogP contribution in [0.5, 0.6) is 0 Å². The van der Waals surface area contributed by atoms with Crippen molar-refractivity contribution >= 4 is 27.4 Å². The summed E-state index contributed by atoms with van der Waals surface area (Å²) in [6.07, 6.45) is 2.63. The van der Waals surface area contributed by atoms with Crippen molar-refractivity contribution in [2.75, 3.05) is 5.32 Å². The summed E-state index contributed by atoms with van der Waals surface area (Å²) in [5.41, 5.74) is 1.54. The van der Waals surface area contributed by atoms with Crippen LogP contribution in [0, 0.1) is 0 Å². The monoisotopic (exact) mass is 310 g/mol. The van der Waals surface area contributed by atoms with Gasteiger partial charge in [-0.25, -0.2) is 0 Å². The molecule has 0 spiro atoms. The SMILES string of the molecule is CCc1cc(Nc2cc(Br)cn(C)c2=O)nn1C. The predicted molar refractivity (Wildman–Crippen MR) is 75.3 cm³/mol. The Labute approximate surface area is 114 Å². The van der Waals surface area contributed by atoms with Gasteiger partial charge in [0.2, 0.25) is 0 Å². The highest BCUT2D eigenvalue weighted by Gasteiger charge is 2.07. The number of halogens is 1. The first-order chi connectivity index (χ1) is 8.51. The summed E-state index contributed by atoms with van der Waals surface area (Å²) in [5.74, 6) is 0.685. The topological polar surface area (TPSA) is 51.9 Å². The van der Waals surface area contributed by atoms with E-state index in [2.05, 4.69) is 33.3 Å². The Morgan fingerprint density at radius 2 is 2.11 bits per heavy atom. The van der Waals surface area contributed by atoms with Crippen molar-refractivity contribution in [2.45, 2.75) is 13.3 Å². The van der Waals surface area contributed by atoms with Crippen LogP contribution in [0.2, 0.25) is 0 Å². The number of hydrogen-bond acceptors (Lipinski definition) is 3. The molecular formula is C12H15BrN4O. The van der Waals surface area contributed by atoms with Crippen LogP contribution in [0.1, 0.15) is 12.6 Å². The average molecular weight is 311 g/mol. The molecule has 0 unspecified atom stereocenters. The molecular weight excluding hydrogens is 296 g/mol. The van der Waals surface area contributed by atoms with Crippen LogP contribution >= 0.6 is 15.9 Å². The van der Waals surface area contributed by atoms with E-state index in [1.165, 1.54) is 4.57 Å². The molecule has 0 aliphatic rings. The third kappa shape index (κ3) is 2.48. The maximum Gasteiger partial charge on any atom is 0.274 e. The lowest BCUT2D eigenvalue weighted by Gasteiger charge is -2.05. The molecule has 0 atom stereocenters. The van der Waals surface area contributed by atoms with Crippen molar-refractivity contribution in [1.29, 1.82) is 0 Å². The van der Waals surface area contributed by atoms with Gasteiger partial charge in [-0.15, -0.1) is 0 Å². The largest absolute Gasteiger partial charge is 0.334 e. The van der Waals surface area contributed by atoms with Gasteiger partial charge in [-0.3, -0.25) is 9.48 Å². The van der Waals surface area contributed by atoms with Crippen LogP contribution in [0.4, 0.5) is 11.5 Å². The molecule has 0 bridgehead atoms. The highest BCUT2D eigenvalue weighted by atomic mass is 79.9. The van der Waals surface area contributed by atoms with Gasteiger partial charge in [-0.1, -0.05) is 6.92 Å². The summed E-state index contributed by atoms with van der Waals surface area (Å²) in [5, 5.41) is 7.37. The normalized spacial score (nSPS) is 10.7. The molecule has 6 heteroatoms. The molecule has 0 saturated carbocycles. The van der Waals surface area contributed by atoms with Crippen molar-refractivity contribution in [3.8, 4) is 0 Å². The molecule has 0 aliphatic heterocycles. The molecule has 0 amide bonds. The smallest absolute Gasteiger partial charge is 0.274 e. The van der Waals surface area contributed by atoms with Crippen molar-refractivity contribution in [3.05, 3.63) is 38.9 Å². The fourth-order valence-corrected chi connectivity index (χ4v) is 2.33. The zero-order valence-corrected chi connectivity index (χ0v) is 12.2. The number of nitrogens with one attached hydrogen (secondary N) is 1. The highest BCUT2D eigenvalue weighted by Crippen LogP contribution is 2.17. The fraction of sp³-hybridized carbons (Fsp3) is 0.333. The summed E-state index contributed by atoms with van der Waals surface area (Å²) in [7, 11) is 3.61. The third-order valence-corrected chi connectivity index (χ3v) is 3.19. The quantitative estimate of drug-likeness (QED) is 0.945. The molecule has 0 fully saturated rings. The predicted octanol–water partition coefficient (Wildman–Crippen LogP) is 2.19. The summed E-state index contributed by atoms with van der Waals surface area (Å²) in [4.78, 5) is 11.9. The van der Waals surface area contributed by atoms with Gasteiger partial charge in [-0.2, -0.15) is 5.10 Å². The second-order valence-electron chi connectivity index (χ2n) is 4.11. The number of aromatic nitrogens is 3. The lowest BCUT2D eigenvalue weighted by molar-refractivity contribution is 0.720. The summed E-state index contributed by atoms with van der Waals surface area (Å²) < 4.78 is 4.18. The van der Waals surface area contributed by atoms with E-state index in [0.717, 1.165) is 16.6 Å². The minimum atomic E-state index is -0.0816. The molecule has 18 heavy (non-hydrogen) atoms. The van der Waals surface area contributed by atoms with Crippen molar-refractivity contribution < 1.29 is 0 Å². The van der Waals surface area contributed by atoms with Crippen molar-refractivity contribution in [1.82, 2.24) is 14.3 Å². The minimum Gasteiger partial charge on any atom is -0.334 e. The molecule has 0 saturated heterocycles. The third-order valence-electron chi connectivity index (χ3n) is 2.75. The second kappa shape index (κ2) is 4.97. The van der Waals surface area contributed by atoms with Gasteiger partial charge < -0.3 is 9.88 Å². The molecule has 0 radical (unpaired) electrons. The Kier molecular flexibility index (Phi) is 3.56. The molecule has 2 aromatic heterocycles. The first-order valence-corrected chi connectivity index (χ1v) is 6.46. The lowest BCUT2D eigenvalue weighted by Crippen LogP contribution is -2.19. The Hall–Kier alpha value is -1.56. The van der Waals surface area contributed by atoms with E-state index in [1.807, 2.05) is 17.8 Å². The molecule has 0 aromatic carbocycles. The van der Waals surface area contributed by atoms with Gasteiger partial charge in [0.1, 0.15) is 5.69 Å². The van der Waals surface area contributed by atoms with Crippen molar-refractivity contribution in [3.63, 3.8) is 0 Å². The number of anilines is 2. The number of nitrogens with zero attached hydrogens (tertiary/aromatic N) is 3. The van der Waals surface area contributed by atoms with E-state index in [1.54, 1.807) is 19.3 Å². The van der Waals surface area contributed by atoms with Crippen LogP contribution in [0.15, 0.2) is 27.6 Å². The summed E-state index contributed by atoms with van der Waals surface area (Å²) in [6.45, 7) is 2.07. The summed E-state index contributed by atoms with van der Waals surface area (Å²) in [6, 6.07) is 3.70. The molecule has 2 rings (SSSR count). The number of pyridine rings is 1. The van der Waals surface area contributed by atoms with Crippen LogP contribution in [0.25, 0.3) is 0 Å². The molecule has 0 aliphatic carbocycles. The van der Waals surface area contributed by atoms with Crippen LogP contribution in [-0.2, 0) is 20.5 Å². The minimum absolute atomic E-state index is 0.0816. The van der Waals surface area contributed by atoms with E-state index >= 15 is 0 Å². The second-order valence-corrected chi connectivity index (χ2v) is 5.03. The Bertz CT molecular complexity index is 629. The van der Waals surface area contributed by atoms with E-state index in [4.69, 9.17) is 0 Å². The Balaban J connectivity index is 2.36. The van der Waals surface area contributed by atoms with Crippen LogP contribution in [-0.4, -0.2) is 14.3 Å². The van der Waals surface area contributed by atoms with Gasteiger partial charge in [0.25, 0.3) is 5.56 Å². The van der Waals surface area contributed by atoms with E-state index in [9.17, 15) is 4.79 Å². The average Bonchev–Trinajstić information content (AvgIpc) is 2.65. The highest BCUT2D eigenvalue weighted by molar-refractivity contribution is 9.10. The molecule has 1 N–H and O–H groups in total. The molecule has 5 nitrogen and oxygen atoms in total. The molecule has 2 aromatic rings. The van der Waals surface area contributed by atoms with Gasteiger partial charge in [0, 0.05) is 36.5 Å². The van der Waals surface area contributed by atoms with Crippen LogP contribution < -0.4 is 10.9 Å². The van der Waals surface area contributed by atoms with Gasteiger partial charge in [-0.05, 0) is 28.4 Å². The van der Waals surface area contributed by atoms with E-state index in [-0.39, 0.29) is 5.56 Å². The standard InChI is InChI=1S/C12H15BrN4O/c1-4-9-6-11(15-17(9)3)14-10-5-8(13)7-16(2)12(10)18/h5-7H,4H2,1-3H3,(H,14,15). The van der Waals surface area contributed by atoms with Crippen LogP contribution in [0.3, 0.4) is 0 Å². The maximum atomic E-state index is 11.9. The van der Waals surface area contributed by atoms with Gasteiger partial charge >= 0.3 is 0 Å². The summed E-state index contributed by atoms with van der Waals surface area (Å²) >= 11 is 3.37. The zero-order chi connectivity index (χ0) is 13.3. The fourth-order valence-electron chi connectivity index (χ4n) is 1.80. The van der Waals surface area contributed by atoms with Gasteiger partial charge in [0.05, 0.1) is 0 Å². The Morgan fingerprint density at radius 1 is 1.39 bits per heavy atom. The number of rotatable bonds is 3. The van der Waals surface area contributed by atoms with E-state index < -0.39 is 0 Å². The van der Waals surface area contributed by atoms with E-state index in [0.29, 0.717) is 11.5 Å². The first-order valence-electron chi connectivity index (χ1n) is 5.67. The Morgan fingerprint density at radius 3 is 2.72 bits per heavy atom. The lowest BCUT2D eigenvalue weighted by atomic mass is 10.3. The molecule has 96 valence electrons. The molecule has 2 heterocycles. The van der Waals surface area contributed by atoms with Gasteiger partial charge in [0.15, 0.2) is 5.82 Å². The maximum absolute atomic E-state index is 11.9. The van der Waals surface area contributed by atoms with Crippen molar-refractivity contribution in [2.24, 2.45) is 14.1 Å². The number of aryl methyl sites for hydroxylation is 3. The zero-order valence-electron chi connectivity index (χ0n) is 10.6. The first kappa shape index (κ1) is 12.9.